The second-order valence-electron chi connectivity index (χ2n) is 12.7. The molecule has 0 bridgehead atoms. The Kier molecular flexibility index (Phi) is 4.66. The summed E-state index contributed by atoms with van der Waals surface area (Å²) in [6.07, 6.45) is 0. The van der Waals surface area contributed by atoms with Gasteiger partial charge in [0.15, 0.2) is 0 Å². The molecule has 0 saturated heterocycles. The van der Waals surface area contributed by atoms with Gasteiger partial charge in [-0.1, -0.05) is 158 Å². The summed E-state index contributed by atoms with van der Waals surface area (Å²) in [4.78, 5) is 0. The SMILES string of the molecule is c1ccc(C2=C3C(=C(c4ccc5c6c(cccc46)-c4ccccc4-5)c4c3ccc3ccccc43)c3ccc4ccccc4c32)cc1. The number of fused-ring (bicyclic) bond motifs is 12. The van der Waals surface area contributed by atoms with Crippen LogP contribution in [0.2, 0.25) is 0 Å². The van der Waals surface area contributed by atoms with Gasteiger partial charge in [-0.15, -0.1) is 0 Å². The van der Waals surface area contributed by atoms with E-state index in [9.17, 15) is 0 Å². The van der Waals surface area contributed by atoms with E-state index in [1.54, 1.807) is 0 Å². The Balaban J connectivity index is 1.35. The lowest BCUT2D eigenvalue weighted by Crippen LogP contribution is -1.96. The number of hydrogen-bond donors (Lipinski definition) is 0. The standard InChI is InChI=1S/C46H26/c1-2-13-29(14-3-1)40-42-30-15-6-4-11-27(30)21-23-38(42)46-44(43-31-16-7-5-12-28(31)22-24-39(43)45(40)46)37-26-25-36-33-18-9-8-17-32(33)34-19-10-20-35(37)41(34)36/h1-26H. The summed E-state index contributed by atoms with van der Waals surface area (Å²) < 4.78 is 0. The summed E-state index contributed by atoms with van der Waals surface area (Å²) in [5.74, 6) is 0. The second kappa shape index (κ2) is 8.81. The minimum atomic E-state index is 1.27. The molecule has 0 saturated carbocycles. The first kappa shape index (κ1) is 24.4. The van der Waals surface area contributed by atoms with Crippen molar-refractivity contribution >= 4 is 54.6 Å². The van der Waals surface area contributed by atoms with Crippen molar-refractivity contribution in [1.82, 2.24) is 0 Å². The van der Waals surface area contributed by atoms with E-state index in [0.29, 0.717) is 0 Å². The van der Waals surface area contributed by atoms with E-state index in [4.69, 9.17) is 0 Å². The van der Waals surface area contributed by atoms with Crippen LogP contribution in [0.4, 0.5) is 0 Å². The van der Waals surface area contributed by atoms with Gasteiger partial charge < -0.3 is 0 Å². The lowest BCUT2D eigenvalue weighted by molar-refractivity contribution is 1.57. The molecule has 0 radical (unpaired) electrons. The van der Waals surface area contributed by atoms with Gasteiger partial charge in [-0.25, -0.2) is 0 Å². The molecule has 8 aromatic rings. The average molecular weight is 579 g/mol. The van der Waals surface area contributed by atoms with Gasteiger partial charge in [-0.05, 0) is 110 Å². The van der Waals surface area contributed by atoms with Crippen LogP contribution in [0, 0.1) is 0 Å². The molecule has 0 spiro atoms. The molecule has 0 N–H and O–H groups in total. The zero-order chi connectivity index (χ0) is 29.9. The fourth-order valence-electron chi connectivity index (χ4n) is 8.73. The van der Waals surface area contributed by atoms with Crippen molar-refractivity contribution in [3.8, 4) is 22.3 Å². The Bertz CT molecular complexity index is 2690. The fraction of sp³-hybridized carbons (Fsp3) is 0. The van der Waals surface area contributed by atoms with Crippen LogP contribution in [0.3, 0.4) is 0 Å². The van der Waals surface area contributed by atoms with Gasteiger partial charge in [-0.3, -0.25) is 0 Å². The third kappa shape index (κ3) is 2.99. The number of allylic oxidation sites excluding steroid dienone is 2. The molecule has 46 heavy (non-hydrogen) atoms. The van der Waals surface area contributed by atoms with Crippen LogP contribution >= 0.6 is 0 Å². The third-order valence-electron chi connectivity index (χ3n) is 10.5. The van der Waals surface area contributed by atoms with Gasteiger partial charge in [0.25, 0.3) is 0 Å². The van der Waals surface area contributed by atoms with Crippen LogP contribution in [0.25, 0.3) is 76.9 Å². The summed E-state index contributed by atoms with van der Waals surface area (Å²) >= 11 is 0. The van der Waals surface area contributed by atoms with Crippen molar-refractivity contribution in [2.24, 2.45) is 0 Å². The van der Waals surface area contributed by atoms with Crippen LogP contribution < -0.4 is 0 Å². The predicted octanol–water partition coefficient (Wildman–Crippen LogP) is 12.0. The molecule has 8 aromatic carbocycles. The lowest BCUT2D eigenvalue weighted by Gasteiger charge is -2.17. The van der Waals surface area contributed by atoms with Crippen molar-refractivity contribution in [1.29, 1.82) is 0 Å². The van der Waals surface area contributed by atoms with Gasteiger partial charge in [0.1, 0.15) is 0 Å². The molecule has 3 aliphatic carbocycles. The van der Waals surface area contributed by atoms with Crippen LogP contribution in [0.5, 0.6) is 0 Å². The summed E-state index contributed by atoms with van der Waals surface area (Å²) in [6, 6.07) is 58.8. The Hall–Kier alpha value is -5.98. The van der Waals surface area contributed by atoms with E-state index >= 15 is 0 Å². The first-order valence-electron chi connectivity index (χ1n) is 16.1. The quantitative estimate of drug-likeness (QED) is 0.191. The molecule has 11 rings (SSSR count). The van der Waals surface area contributed by atoms with Crippen molar-refractivity contribution in [3.05, 3.63) is 191 Å². The summed E-state index contributed by atoms with van der Waals surface area (Å²) in [5.41, 5.74) is 18.7. The van der Waals surface area contributed by atoms with Gasteiger partial charge in [0.2, 0.25) is 0 Å². The summed E-state index contributed by atoms with van der Waals surface area (Å²) in [7, 11) is 0. The minimum Gasteiger partial charge on any atom is -0.0622 e. The smallest absolute Gasteiger partial charge is 0.000696 e. The second-order valence-corrected chi connectivity index (χ2v) is 12.7. The number of benzene rings is 8. The van der Waals surface area contributed by atoms with E-state index in [1.807, 2.05) is 0 Å². The zero-order valence-corrected chi connectivity index (χ0v) is 25.0. The third-order valence-corrected chi connectivity index (χ3v) is 10.5. The van der Waals surface area contributed by atoms with Crippen molar-refractivity contribution < 1.29 is 0 Å². The molecule has 0 aromatic heterocycles. The molecule has 210 valence electrons. The van der Waals surface area contributed by atoms with E-state index in [2.05, 4.69) is 158 Å². The topological polar surface area (TPSA) is 0 Å². The highest BCUT2D eigenvalue weighted by atomic mass is 14.4. The first-order valence-corrected chi connectivity index (χ1v) is 16.1. The maximum absolute atomic E-state index is 2.40. The van der Waals surface area contributed by atoms with Crippen molar-refractivity contribution in [2.45, 2.75) is 0 Å². The van der Waals surface area contributed by atoms with Crippen LogP contribution in [-0.4, -0.2) is 0 Å². The molecule has 0 nitrogen and oxygen atoms in total. The predicted molar refractivity (Wildman–Crippen MR) is 195 cm³/mol. The monoisotopic (exact) mass is 578 g/mol. The van der Waals surface area contributed by atoms with E-state index < -0.39 is 0 Å². The molecule has 0 fully saturated rings. The van der Waals surface area contributed by atoms with Crippen LogP contribution in [0.1, 0.15) is 33.4 Å². The highest BCUT2D eigenvalue weighted by Gasteiger charge is 2.39. The van der Waals surface area contributed by atoms with Crippen LogP contribution in [0.15, 0.2) is 158 Å². The van der Waals surface area contributed by atoms with Gasteiger partial charge in [-0.2, -0.15) is 0 Å². The first-order chi connectivity index (χ1) is 22.9. The molecule has 3 aliphatic rings. The Morgan fingerprint density at radius 3 is 1.41 bits per heavy atom. The molecule has 0 amide bonds. The molecule has 0 unspecified atom stereocenters. The number of rotatable bonds is 2. The average Bonchev–Trinajstić information content (AvgIpc) is 3.76. The molecule has 0 atom stereocenters. The molecule has 0 heteroatoms. The fourth-order valence-corrected chi connectivity index (χ4v) is 8.73. The highest BCUT2D eigenvalue weighted by Crippen LogP contribution is 2.62. The maximum Gasteiger partial charge on any atom is -0.000696 e. The van der Waals surface area contributed by atoms with E-state index in [1.165, 1.54) is 110 Å². The van der Waals surface area contributed by atoms with Crippen molar-refractivity contribution in [2.75, 3.05) is 0 Å². The van der Waals surface area contributed by atoms with E-state index in [-0.39, 0.29) is 0 Å². The molecule has 0 aliphatic heterocycles. The largest absolute Gasteiger partial charge is 0.0622 e. The lowest BCUT2D eigenvalue weighted by atomic mass is 9.85. The van der Waals surface area contributed by atoms with Gasteiger partial charge in [0, 0.05) is 0 Å². The van der Waals surface area contributed by atoms with Crippen molar-refractivity contribution in [3.63, 3.8) is 0 Å². The summed E-state index contributed by atoms with van der Waals surface area (Å²) in [5, 5.41) is 7.87. The Labute approximate surface area is 267 Å². The van der Waals surface area contributed by atoms with Crippen LogP contribution in [-0.2, 0) is 0 Å². The minimum absolute atomic E-state index is 1.27. The normalized spacial score (nSPS) is 13.9. The molecular formula is C46H26. The molecular weight excluding hydrogens is 553 g/mol. The van der Waals surface area contributed by atoms with Gasteiger partial charge in [0.05, 0.1) is 0 Å². The maximum atomic E-state index is 2.40. The molecule has 0 heterocycles. The summed E-state index contributed by atoms with van der Waals surface area (Å²) in [6.45, 7) is 0. The highest BCUT2D eigenvalue weighted by molar-refractivity contribution is 6.39. The van der Waals surface area contributed by atoms with Gasteiger partial charge >= 0.3 is 0 Å². The Morgan fingerprint density at radius 2 is 0.717 bits per heavy atom. The Morgan fingerprint density at radius 1 is 0.239 bits per heavy atom. The van der Waals surface area contributed by atoms with E-state index in [0.717, 1.165) is 0 Å². The zero-order valence-electron chi connectivity index (χ0n) is 25.0. The number of hydrogen-bond acceptors (Lipinski definition) is 0.